The number of fused-ring (bicyclic) bond motifs is 1. The summed E-state index contributed by atoms with van der Waals surface area (Å²) < 4.78 is 11.7. The number of nitrogens with one attached hydrogen (secondary N) is 1. The average Bonchev–Trinajstić information content (AvgIpc) is 3.33. The van der Waals surface area contributed by atoms with Crippen molar-refractivity contribution in [3.63, 3.8) is 0 Å². The highest BCUT2D eigenvalue weighted by molar-refractivity contribution is 5.66. The molecule has 8 aliphatic rings. The Bertz CT molecular complexity index is 783. The summed E-state index contributed by atoms with van der Waals surface area (Å²) >= 11 is 0. The fourth-order valence-corrected chi connectivity index (χ4v) is 10.3. The third kappa shape index (κ3) is 1.46. The van der Waals surface area contributed by atoms with Crippen molar-refractivity contribution in [2.45, 2.75) is 75.9 Å². The van der Waals surface area contributed by atoms with E-state index in [9.17, 15) is 15.0 Å². The monoisotopic (exact) mass is 389 g/mol. The summed E-state index contributed by atoms with van der Waals surface area (Å²) in [6.45, 7) is 5.49. The highest BCUT2D eigenvalue weighted by Gasteiger charge is 2.88. The van der Waals surface area contributed by atoms with Crippen LogP contribution in [0.1, 0.15) is 46.0 Å². The molecule has 2 heterocycles. The van der Waals surface area contributed by atoms with Gasteiger partial charge in [-0.25, -0.2) is 0 Å². The van der Waals surface area contributed by atoms with Gasteiger partial charge in [-0.3, -0.25) is 4.79 Å². The predicted molar refractivity (Wildman–Crippen MR) is 98.1 cm³/mol. The normalized spacial score (nSPS) is 67.4. The molecule has 7 bridgehead atoms. The summed E-state index contributed by atoms with van der Waals surface area (Å²) in [5, 5.41) is 27.1. The fraction of sp³-hybridized carbons (Fsp3) is 0.955. The molecule has 28 heavy (non-hydrogen) atoms. The van der Waals surface area contributed by atoms with Crippen molar-refractivity contribution in [2.24, 2.45) is 39.9 Å². The lowest BCUT2D eigenvalue weighted by Crippen LogP contribution is -2.73. The molecule has 2 aliphatic heterocycles. The third-order valence-electron chi connectivity index (χ3n) is 11.0. The SMILES string of the molecule is CC(=O)OC1CC23C4CC5C6(C)CCC(O)C5(C4NC6)C2CC1C1(CO1)C3O. The van der Waals surface area contributed by atoms with Gasteiger partial charge in [0.2, 0.25) is 0 Å². The van der Waals surface area contributed by atoms with Gasteiger partial charge in [-0.1, -0.05) is 6.92 Å². The second kappa shape index (κ2) is 4.63. The molecule has 6 nitrogen and oxygen atoms in total. The summed E-state index contributed by atoms with van der Waals surface area (Å²) in [4.78, 5) is 11.8. The van der Waals surface area contributed by atoms with Crippen molar-refractivity contribution in [3.8, 4) is 0 Å². The Labute approximate surface area is 165 Å². The quantitative estimate of drug-likeness (QED) is 0.455. The van der Waals surface area contributed by atoms with Gasteiger partial charge in [0.05, 0.1) is 18.8 Å². The molecule has 0 radical (unpaired) electrons. The molecule has 8 rings (SSSR count). The van der Waals surface area contributed by atoms with Crippen LogP contribution in [0.5, 0.6) is 0 Å². The smallest absolute Gasteiger partial charge is 0.302 e. The maximum atomic E-state index is 11.8. The van der Waals surface area contributed by atoms with Gasteiger partial charge in [-0.05, 0) is 55.3 Å². The molecule has 6 heteroatoms. The number of rotatable bonds is 1. The molecule has 0 aromatic carbocycles. The molecule has 6 aliphatic carbocycles. The number of piperidine rings is 1. The van der Waals surface area contributed by atoms with Crippen LogP contribution in [-0.2, 0) is 14.3 Å². The van der Waals surface area contributed by atoms with Crippen LogP contribution in [0, 0.1) is 39.9 Å². The van der Waals surface area contributed by atoms with Crippen LogP contribution in [0.4, 0.5) is 0 Å². The number of aliphatic hydroxyl groups excluding tert-OH is 2. The van der Waals surface area contributed by atoms with Crippen LogP contribution in [0.25, 0.3) is 0 Å². The largest absolute Gasteiger partial charge is 0.462 e. The summed E-state index contributed by atoms with van der Waals surface area (Å²) in [5.74, 6) is 0.961. The van der Waals surface area contributed by atoms with Gasteiger partial charge in [0, 0.05) is 36.3 Å². The van der Waals surface area contributed by atoms with E-state index in [-0.39, 0.29) is 52.3 Å². The zero-order chi connectivity index (χ0) is 19.3. The minimum absolute atomic E-state index is 0.0492. The number of aliphatic hydroxyl groups is 2. The van der Waals surface area contributed by atoms with Gasteiger partial charge in [0.1, 0.15) is 11.7 Å². The number of esters is 1. The Balaban J connectivity index is 1.41. The van der Waals surface area contributed by atoms with Crippen molar-refractivity contribution in [1.29, 1.82) is 0 Å². The Morgan fingerprint density at radius 2 is 1.96 bits per heavy atom. The lowest BCUT2D eigenvalue weighted by atomic mass is 9.38. The molecule has 3 spiro atoms. The van der Waals surface area contributed by atoms with Crippen LogP contribution in [-0.4, -0.2) is 59.3 Å². The first kappa shape index (κ1) is 17.0. The van der Waals surface area contributed by atoms with E-state index in [4.69, 9.17) is 9.47 Å². The van der Waals surface area contributed by atoms with E-state index in [2.05, 4.69) is 12.2 Å². The van der Waals surface area contributed by atoms with Crippen molar-refractivity contribution in [3.05, 3.63) is 0 Å². The van der Waals surface area contributed by atoms with Crippen LogP contribution in [0.15, 0.2) is 0 Å². The minimum Gasteiger partial charge on any atom is -0.462 e. The van der Waals surface area contributed by atoms with E-state index in [0.29, 0.717) is 18.4 Å². The average molecular weight is 389 g/mol. The molecule has 0 aromatic rings. The first-order valence-electron chi connectivity index (χ1n) is 11.2. The van der Waals surface area contributed by atoms with Crippen LogP contribution in [0.3, 0.4) is 0 Å². The number of carbonyl (C=O) groups is 1. The summed E-state index contributed by atoms with van der Waals surface area (Å²) in [5.41, 5.74) is -0.709. The highest BCUT2D eigenvalue weighted by atomic mass is 16.6. The van der Waals surface area contributed by atoms with Crippen molar-refractivity contribution >= 4 is 5.97 Å². The third-order valence-corrected chi connectivity index (χ3v) is 11.0. The number of hydrogen-bond donors (Lipinski definition) is 3. The van der Waals surface area contributed by atoms with Crippen LogP contribution >= 0.6 is 0 Å². The molecule has 0 amide bonds. The van der Waals surface area contributed by atoms with Gasteiger partial charge >= 0.3 is 5.97 Å². The molecule has 12 atom stereocenters. The first-order chi connectivity index (χ1) is 13.3. The second-order valence-electron chi connectivity index (χ2n) is 11.5. The van der Waals surface area contributed by atoms with Gasteiger partial charge in [-0.15, -0.1) is 0 Å². The number of ether oxygens (including phenoxy) is 2. The molecule has 2 saturated heterocycles. The van der Waals surface area contributed by atoms with E-state index in [1.54, 1.807) is 0 Å². The Morgan fingerprint density at radius 1 is 1.21 bits per heavy atom. The molecular formula is C22H31NO5. The van der Waals surface area contributed by atoms with Crippen molar-refractivity contribution in [1.82, 2.24) is 5.32 Å². The molecule has 8 fully saturated rings. The number of epoxide rings is 1. The molecule has 3 N–H and O–H groups in total. The van der Waals surface area contributed by atoms with E-state index in [1.807, 2.05) is 0 Å². The zero-order valence-corrected chi connectivity index (χ0v) is 16.7. The standard InChI is InChI=1S/C22H31NO5/c1-10(24)28-13-7-20-12-6-14-19(2)4-3-16(25)22(14,17(12)23-8-19)15(20)5-11(13)21(9-27-21)18(20)26/h11-18,23,25-26H,3-9H2,1-2H3. The molecular weight excluding hydrogens is 358 g/mol. The minimum atomic E-state index is -0.521. The molecule has 12 unspecified atom stereocenters. The Hall–Kier alpha value is -0.690. The van der Waals surface area contributed by atoms with Crippen molar-refractivity contribution < 1.29 is 24.5 Å². The lowest BCUT2D eigenvalue weighted by Gasteiger charge is -2.68. The maximum Gasteiger partial charge on any atom is 0.302 e. The number of hydrogen-bond acceptors (Lipinski definition) is 6. The summed E-state index contributed by atoms with van der Waals surface area (Å²) in [7, 11) is 0. The summed E-state index contributed by atoms with van der Waals surface area (Å²) in [6.07, 6.45) is 3.70. The van der Waals surface area contributed by atoms with E-state index >= 15 is 0 Å². The van der Waals surface area contributed by atoms with Crippen LogP contribution < -0.4 is 5.32 Å². The highest BCUT2D eigenvalue weighted by Crippen LogP contribution is 2.83. The molecule has 154 valence electrons. The van der Waals surface area contributed by atoms with Gasteiger partial charge < -0.3 is 25.0 Å². The molecule has 0 aromatic heterocycles. The second-order valence-corrected chi connectivity index (χ2v) is 11.5. The maximum absolute atomic E-state index is 11.8. The van der Waals surface area contributed by atoms with E-state index in [0.717, 1.165) is 38.6 Å². The summed E-state index contributed by atoms with van der Waals surface area (Å²) in [6, 6.07) is 0.270. The van der Waals surface area contributed by atoms with Crippen molar-refractivity contribution in [2.75, 3.05) is 13.2 Å². The number of carbonyl (C=O) groups excluding carboxylic acids is 1. The lowest BCUT2D eigenvalue weighted by molar-refractivity contribution is -0.270. The Morgan fingerprint density at radius 3 is 2.68 bits per heavy atom. The van der Waals surface area contributed by atoms with Gasteiger partial charge in [0.25, 0.3) is 0 Å². The zero-order valence-electron chi connectivity index (χ0n) is 16.7. The van der Waals surface area contributed by atoms with Gasteiger partial charge in [-0.2, -0.15) is 0 Å². The van der Waals surface area contributed by atoms with Crippen LogP contribution in [0.2, 0.25) is 0 Å². The topological polar surface area (TPSA) is 91.3 Å². The van der Waals surface area contributed by atoms with E-state index < -0.39 is 11.7 Å². The van der Waals surface area contributed by atoms with Gasteiger partial charge in [0.15, 0.2) is 0 Å². The first-order valence-corrected chi connectivity index (χ1v) is 11.2. The molecule has 6 saturated carbocycles. The predicted octanol–water partition coefficient (Wildman–Crippen LogP) is 0.843. The van der Waals surface area contributed by atoms with E-state index in [1.165, 1.54) is 6.92 Å². The fourth-order valence-electron chi connectivity index (χ4n) is 10.3. The Kier molecular flexibility index (Phi) is 2.82.